The van der Waals surface area contributed by atoms with Crippen molar-refractivity contribution in [3.05, 3.63) is 68.4 Å². The molecule has 0 amide bonds. The molecule has 4 heterocycles. The summed E-state index contributed by atoms with van der Waals surface area (Å²) in [5.41, 5.74) is 7.67. The van der Waals surface area contributed by atoms with E-state index in [1.807, 2.05) is 18.4 Å². The summed E-state index contributed by atoms with van der Waals surface area (Å²) in [5, 5.41) is 18.5. The van der Waals surface area contributed by atoms with E-state index in [0.29, 0.717) is 17.7 Å². The first-order valence-electron chi connectivity index (χ1n) is 14.6. The van der Waals surface area contributed by atoms with Crippen LogP contribution in [0.25, 0.3) is 24.3 Å². The quantitative estimate of drug-likeness (QED) is 0.265. The molecule has 6 bridgehead atoms. The number of hydrogen-bond donors (Lipinski definition) is 5. The third kappa shape index (κ3) is 5.06. The number of rotatable bonds is 6. The molecule has 2 aromatic rings. The molecule has 2 unspecified atom stereocenters. The van der Waals surface area contributed by atoms with Gasteiger partial charge in [-0.3, -0.25) is 14.4 Å². The number of esters is 1. The van der Waals surface area contributed by atoms with Crippen LogP contribution in [-0.4, -0.2) is 52.0 Å². The number of carboxylic acid groups (broad SMARTS) is 1. The highest BCUT2D eigenvalue weighted by atomic mass is 16.5. The van der Waals surface area contributed by atoms with Crippen molar-refractivity contribution in [1.29, 1.82) is 0 Å². The van der Waals surface area contributed by atoms with Crippen LogP contribution in [-0.2, 0) is 25.5 Å². The second kappa shape index (κ2) is 11.6. The number of aromatic amines is 2. The molecule has 3 aliphatic rings. The summed E-state index contributed by atoms with van der Waals surface area (Å²) < 4.78 is 5.09. The molecular formula is C33H40N4O5. The van der Waals surface area contributed by atoms with Gasteiger partial charge < -0.3 is 30.4 Å². The summed E-state index contributed by atoms with van der Waals surface area (Å²) in [4.78, 5) is 45.1. The maximum Gasteiger partial charge on any atom is 0.320 e. The number of nitrogens with one attached hydrogen (secondary N) is 4. The number of methoxy groups -OCH3 is 1. The van der Waals surface area contributed by atoms with Gasteiger partial charge in [0.15, 0.2) is 5.78 Å². The second-order valence-corrected chi connectivity index (χ2v) is 11.6. The van der Waals surface area contributed by atoms with Gasteiger partial charge in [-0.25, -0.2) is 0 Å². The number of carbonyl (C=O) groups is 3. The van der Waals surface area contributed by atoms with Crippen LogP contribution in [0.2, 0.25) is 0 Å². The van der Waals surface area contributed by atoms with Crippen LogP contribution >= 0.6 is 0 Å². The zero-order valence-corrected chi connectivity index (χ0v) is 24.9. The molecule has 0 aromatic carbocycles. The Kier molecular flexibility index (Phi) is 8.14. The number of allylic oxidation sites excluding steroid dienone is 1. The van der Waals surface area contributed by atoms with Gasteiger partial charge in [-0.1, -0.05) is 26.5 Å². The molecule has 1 aliphatic carbocycles. The Morgan fingerprint density at radius 3 is 2.60 bits per heavy atom. The predicted molar refractivity (Wildman–Crippen MR) is 162 cm³/mol. The predicted octanol–water partition coefficient (Wildman–Crippen LogP) is 2.82. The molecule has 42 heavy (non-hydrogen) atoms. The highest BCUT2D eigenvalue weighted by Crippen LogP contribution is 2.42. The average molecular weight is 573 g/mol. The van der Waals surface area contributed by atoms with E-state index in [-0.39, 0.29) is 36.5 Å². The fourth-order valence-corrected chi connectivity index (χ4v) is 7.06. The number of carboxylic acids is 1. The summed E-state index contributed by atoms with van der Waals surface area (Å²) >= 11 is 0. The Morgan fingerprint density at radius 1 is 1.17 bits per heavy atom. The van der Waals surface area contributed by atoms with Gasteiger partial charge in [0.25, 0.3) is 0 Å². The number of H-pyrrole nitrogens is 2. The zero-order valence-electron chi connectivity index (χ0n) is 24.9. The highest BCUT2D eigenvalue weighted by Gasteiger charge is 2.49. The molecule has 222 valence electrons. The molecule has 5 N–H and O–H groups in total. The minimum Gasteiger partial charge on any atom is -0.481 e. The van der Waals surface area contributed by atoms with Gasteiger partial charge in [-0.15, -0.1) is 0 Å². The van der Waals surface area contributed by atoms with Crippen LogP contribution in [0.5, 0.6) is 0 Å². The molecule has 5 atom stereocenters. The lowest BCUT2D eigenvalue weighted by atomic mass is 9.79. The van der Waals surface area contributed by atoms with Crippen molar-refractivity contribution in [2.24, 2.45) is 17.8 Å². The van der Waals surface area contributed by atoms with E-state index < -0.39 is 23.9 Å². The van der Waals surface area contributed by atoms with Crippen molar-refractivity contribution >= 4 is 42.0 Å². The number of hydrogen-bond acceptors (Lipinski definition) is 6. The smallest absolute Gasteiger partial charge is 0.320 e. The molecule has 2 aliphatic heterocycles. The van der Waals surface area contributed by atoms with Gasteiger partial charge in [-0.05, 0) is 79.0 Å². The molecule has 0 spiro atoms. The Labute approximate surface area is 245 Å². The van der Waals surface area contributed by atoms with Gasteiger partial charge >= 0.3 is 11.9 Å². The lowest BCUT2D eigenvalue weighted by Crippen LogP contribution is -2.39. The summed E-state index contributed by atoms with van der Waals surface area (Å²) in [7, 11) is 1.29. The normalized spacial score (nSPS) is 27.4. The van der Waals surface area contributed by atoms with E-state index in [2.05, 4.69) is 67.0 Å². The van der Waals surface area contributed by atoms with Crippen molar-refractivity contribution in [3.63, 3.8) is 0 Å². The molecule has 1 saturated heterocycles. The second-order valence-electron chi connectivity index (χ2n) is 11.6. The van der Waals surface area contributed by atoms with E-state index in [1.54, 1.807) is 0 Å². The Bertz CT molecular complexity index is 1640. The number of ether oxygens (including phenoxy) is 1. The molecule has 0 saturated carbocycles. The fraction of sp³-hybridized carbons (Fsp3) is 0.424. The number of aromatic nitrogens is 2. The standard InChI is InChI=1S/C33H40N4O5/c1-7-19-16(3)24-14-26-20(8-2)17(4)23(36-26)13-25-18(5)21(9-10-29(39)40)32(37-25)30-27(34-12-11-22(19)35-24)15-28(38)31(30)33(41)42-6/h8,11-14,18,21,25,31-32,34-37H,2,7,9-10,15H2,1,3-6H3,(H,39,40)/b12-11-,23-13-,26-14-/t18-,21-,25?,31-,32?/m0/s1. The van der Waals surface area contributed by atoms with Gasteiger partial charge in [0.2, 0.25) is 0 Å². The van der Waals surface area contributed by atoms with Gasteiger partial charge in [0.05, 0.1) is 7.11 Å². The fourth-order valence-electron chi connectivity index (χ4n) is 7.06. The summed E-state index contributed by atoms with van der Waals surface area (Å²) in [6, 6.07) is -0.543. The topological polar surface area (TPSA) is 136 Å². The third-order valence-corrected chi connectivity index (χ3v) is 9.36. The van der Waals surface area contributed by atoms with E-state index in [9.17, 15) is 19.5 Å². The van der Waals surface area contributed by atoms with E-state index in [4.69, 9.17) is 4.74 Å². The van der Waals surface area contributed by atoms with Gasteiger partial charge in [0, 0.05) is 64.5 Å². The molecule has 1 fully saturated rings. The Hall–Kier alpha value is -4.11. The van der Waals surface area contributed by atoms with Crippen LogP contribution < -0.4 is 21.3 Å². The number of fused-ring (bicyclic) bond motifs is 7. The Balaban J connectivity index is 1.76. The number of carbonyl (C=O) groups excluding carboxylic acids is 2. The van der Waals surface area contributed by atoms with Crippen LogP contribution in [0.4, 0.5) is 0 Å². The van der Waals surface area contributed by atoms with Crippen molar-refractivity contribution in [3.8, 4) is 0 Å². The lowest BCUT2D eigenvalue weighted by molar-refractivity contribution is -0.147. The van der Waals surface area contributed by atoms with Gasteiger partial charge in [0.1, 0.15) is 5.92 Å². The van der Waals surface area contributed by atoms with Crippen LogP contribution in [0.3, 0.4) is 0 Å². The number of ketones is 1. The average Bonchev–Trinajstić information content (AvgIpc) is 3.63. The Morgan fingerprint density at radius 2 is 1.93 bits per heavy atom. The van der Waals surface area contributed by atoms with Crippen molar-refractivity contribution in [1.82, 2.24) is 20.6 Å². The van der Waals surface area contributed by atoms with E-state index >= 15 is 0 Å². The maximum absolute atomic E-state index is 13.3. The van der Waals surface area contributed by atoms with Crippen LogP contribution in [0.1, 0.15) is 66.8 Å². The summed E-state index contributed by atoms with van der Waals surface area (Å²) in [6.45, 7) is 12.5. The first-order valence-corrected chi connectivity index (χ1v) is 14.6. The third-order valence-electron chi connectivity index (χ3n) is 9.36. The minimum atomic E-state index is -1.05. The van der Waals surface area contributed by atoms with Gasteiger partial charge in [-0.2, -0.15) is 0 Å². The first kappa shape index (κ1) is 29.4. The summed E-state index contributed by atoms with van der Waals surface area (Å²) in [5.74, 6) is -2.87. The zero-order chi connectivity index (χ0) is 30.3. The van der Waals surface area contributed by atoms with E-state index in [1.165, 1.54) is 12.7 Å². The molecule has 9 nitrogen and oxygen atoms in total. The first-order chi connectivity index (χ1) is 20.1. The van der Waals surface area contributed by atoms with E-state index in [0.717, 1.165) is 45.2 Å². The maximum atomic E-state index is 13.3. The number of aliphatic carboxylic acids is 1. The molecule has 2 aromatic heterocycles. The molecule has 9 heteroatoms. The van der Waals surface area contributed by atoms with Crippen molar-refractivity contribution < 1.29 is 24.2 Å². The molecular weight excluding hydrogens is 532 g/mol. The molecule has 0 radical (unpaired) electrons. The van der Waals surface area contributed by atoms with Crippen LogP contribution in [0.15, 0.2) is 24.0 Å². The van der Waals surface area contributed by atoms with Crippen molar-refractivity contribution in [2.45, 2.75) is 65.5 Å². The monoisotopic (exact) mass is 572 g/mol. The molecule has 5 rings (SSSR count). The largest absolute Gasteiger partial charge is 0.481 e. The summed E-state index contributed by atoms with van der Waals surface area (Å²) in [6.07, 6.45) is 11.2. The van der Waals surface area contributed by atoms with Crippen LogP contribution in [0, 0.1) is 31.6 Å². The highest BCUT2D eigenvalue weighted by molar-refractivity contribution is 6.06. The SMILES string of the molecule is C=Cc1c(C)/c2[nH]/c1=C\c1[nH]c(c(CC)c1C)/C=C\NC1=C(C3NC(\C=2)[C@@H](C)[C@@H]3CCC(=O)O)[C@@H](C(=O)OC)C(=O)C1. The lowest BCUT2D eigenvalue weighted by Gasteiger charge is -2.26. The minimum absolute atomic E-state index is 0.0119. The number of Topliss-reactive ketones (excluding diaryl/α,β-unsaturated/α-hetero) is 1. The van der Waals surface area contributed by atoms with Crippen molar-refractivity contribution in [2.75, 3.05) is 7.11 Å².